The Hall–Kier alpha value is -2.68. The summed E-state index contributed by atoms with van der Waals surface area (Å²) in [6.45, 7) is 0. The summed E-state index contributed by atoms with van der Waals surface area (Å²) in [6, 6.07) is 17.5. The van der Waals surface area contributed by atoms with Crippen molar-refractivity contribution in [2.75, 3.05) is 7.11 Å². The number of ether oxygens (including phenoxy) is 1. The van der Waals surface area contributed by atoms with Gasteiger partial charge in [-0.25, -0.2) is 9.18 Å². The van der Waals surface area contributed by atoms with Gasteiger partial charge in [-0.1, -0.05) is 48.5 Å². The summed E-state index contributed by atoms with van der Waals surface area (Å²) in [6.07, 6.45) is 0. The van der Waals surface area contributed by atoms with Crippen molar-refractivity contribution in [2.24, 2.45) is 0 Å². The number of fused-ring (bicyclic) bond motifs is 1. The number of esters is 1. The van der Waals surface area contributed by atoms with Gasteiger partial charge < -0.3 is 4.74 Å². The molecule has 0 aliphatic carbocycles. The van der Waals surface area contributed by atoms with Crippen LogP contribution < -0.4 is 0 Å². The minimum absolute atomic E-state index is 0.306. The number of hydrogen-bond donors (Lipinski definition) is 0. The zero-order valence-corrected chi connectivity index (χ0v) is 11.5. The van der Waals surface area contributed by atoms with E-state index in [1.165, 1.54) is 19.2 Å². The number of carbonyl (C=O) groups excluding carboxylic acids is 1. The largest absolute Gasteiger partial charge is 0.465 e. The van der Waals surface area contributed by atoms with Crippen LogP contribution in [0.4, 0.5) is 4.39 Å². The van der Waals surface area contributed by atoms with Crippen LogP contribution >= 0.6 is 0 Å². The Morgan fingerprint density at radius 2 is 1.67 bits per heavy atom. The van der Waals surface area contributed by atoms with Gasteiger partial charge in [0, 0.05) is 0 Å². The van der Waals surface area contributed by atoms with Crippen molar-refractivity contribution < 1.29 is 13.9 Å². The van der Waals surface area contributed by atoms with Crippen molar-refractivity contribution in [3.63, 3.8) is 0 Å². The molecule has 3 aromatic rings. The van der Waals surface area contributed by atoms with E-state index in [-0.39, 0.29) is 5.82 Å². The van der Waals surface area contributed by atoms with E-state index in [0.29, 0.717) is 5.56 Å². The van der Waals surface area contributed by atoms with E-state index >= 15 is 0 Å². The number of hydrogen-bond acceptors (Lipinski definition) is 2. The number of rotatable bonds is 2. The third-order valence-corrected chi connectivity index (χ3v) is 3.47. The summed E-state index contributed by atoms with van der Waals surface area (Å²) < 4.78 is 18.0. The molecule has 21 heavy (non-hydrogen) atoms. The van der Waals surface area contributed by atoms with Gasteiger partial charge in [0.2, 0.25) is 0 Å². The third-order valence-electron chi connectivity index (χ3n) is 3.47. The normalized spacial score (nSPS) is 10.6. The highest BCUT2D eigenvalue weighted by atomic mass is 19.1. The van der Waals surface area contributed by atoms with E-state index in [9.17, 15) is 9.18 Å². The van der Waals surface area contributed by atoms with Crippen LogP contribution in [0.15, 0.2) is 60.7 Å². The molecule has 3 rings (SSSR count). The molecule has 0 saturated carbocycles. The SMILES string of the molecule is COC(=O)c1c(-c2ccc(F)cc2)ccc2ccccc12. The molecule has 0 N–H and O–H groups in total. The topological polar surface area (TPSA) is 26.3 Å². The molecule has 104 valence electrons. The molecular weight excluding hydrogens is 267 g/mol. The van der Waals surface area contributed by atoms with Gasteiger partial charge in [0.15, 0.2) is 0 Å². The Labute approximate surface area is 121 Å². The third kappa shape index (κ3) is 2.38. The van der Waals surface area contributed by atoms with Crippen molar-refractivity contribution in [3.8, 4) is 11.1 Å². The fourth-order valence-electron chi connectivity index (χ4n) is 2.46. The van der Waals surface area contributed by atoms with Crippen LogP contribution in [0.5, 0.6) is 0 Å². The first-order valence-electron chi connectivity index (χ1n) is 6.56. The molecule has 3 aromatic carbocycles. The van der Waals surface area contributed by atoms with Gasteiger partial charge in [0.05, 0.1) is 12.7 Å². The van der Waals surface area contributed by atoms with Gasteiger partial charge >= 0.3 is 5.97 Å². The highest BCUT2D eigenvalue weighted by molar-refractivity contribution is 6.10. The molecule has 0 saturated heterocycles. The lowest BCUT2D eigenvalue weighted by Gasteiger charge is -2.11. The Balaban J connectivity index is 2.31. The molecule has 0 fully saturated rings. The van der Waals surface area contributed by atoms with Crippen molar-refractivity contribution in [1.29, 1.82) is 0 Å². The second kappa shape index (κ2) is 5.37. The van der Waals surface area contributed by atoms with Crippen molar-refractivity contribution in [2.45, 2.75) is 0 Å². The molecule has 0 unspecified atom stereocenters. The van der Waals surface area contributed by atoms with Crippen molar-refractivity contribution in [1.82, 2.24) is 0 Å². The summed E-state index contributed by atoms with van der Waals surface area (Å²) in [5.41, 5.74) is 2.02. The number of benzene rings is 3. The maximum absolute atomic E-state index is 13.1. The van der Waals surface area contributed by atoms with Gasteiger partial charge in [0.1, 0.15) is 5.82 Å². The van der Waals surface area contributed by atoms with Crippen LogP contribution in [0, 0.1) is 5.82 Å². The van der Waals surface area contributed by atoms with E-state index < -0.39 is 5.97 Å². The zero-order valence-electron chi connectivity index (χ0n) is 11.5. The fourth-order valence-corrected chi connectivity index (χ4v) is 2.46. The molecular formula is C18H13FO2. The van der Waals surface area contributed by atoms with Crippen LogP contribution in [-0.4, -0.2) is 13.1 Å². The summed E-state index contributed by atoms with van der Waals surface area (Å²) in [7, 11) is 1.36. The number of methoxy groups -OCH3 is 1. The fraction of sp³-hybridized carbons (Fsp3) is 0.0556. The highest BCUT2D eigenvalue weighted by Gasteiger charge is 2.17. The summed E-state index contributed by atoms with van der Waals surface area (Å²) >= 11 is 0. The monoisotopic (exact) mass is 280 g/mol. The second-order valence-electron chi connectivity index (χ2n) is 4.71. The molecule has 0 spiro atoms. The minimum atomic E-state index is -0.397. The maximum Gasteiger partial charge on any atom is 0.339 e. The molecule has 3 heteroatoms. The van der Waals surface area contributed by atoms with Gasteiger partial charge in [-0.3, -0.25) is 0 Å². The Morgan fingerprint density at radius 1 is 0.952 bits per heavy atom. The maximum atomic E-state index is 13.1. The highest BCUT2D eigenvalue weighted by Crippen LogP contribution is 2.31. The second-order valence-corrected chi connectivity index (χ2v) is 4.71. The van der Waals surface area contributed by atoms with E-state index in [1.54, 1.807) is 12.1 Å². The molecule has 2 nitrogen and oxygen atoms in total. The van der Waals surface area contributed by atoms with Crippen LogP contribution in [-0.2, 0) is 4.74 Å². The average Bonchev–Trinajstić information content (AvgIpc) is 2.54. The summed E-state index contributed by atoms with van der Waals surface area (Å²) in [5, 5.41) is 1.79. The van der Waals surface area contributed by atoms with Crippen LogP contribution in [0.25, 0.3) is 21.9 Å². The quantitative estimate of drug-likeness (QED) is 0.649. The standard InChI is InChI=1S/C18H13FO2/c1-21-18(20)17-15-5-3-2-4-12(15)8-11-16(17)13-6-9-14(19)10-7-13/h2-11H,1H3. The van der Waals surface area contributed by atoms with E-state index in [2.05, 4.69) is 0 Å². The van der Waals surface area contributed by atoms with Gasteiger partial charge in [0.25, 0.3) is 0 Å². The zero-order chi connectivity index (χ0) is 14.8. The molecule has 0 atom stereocenters. The van der Waals surface area contributed by atoms with Gasteiger partial charge in [-0.15, -0.1) is 0 Å². The van der Waals surface area contributed by atoms with Crippen molar-refractivity contribution in [3.05, 3.63) is 72.0 Å². The summed E-state index contributed by atoms with van der Waals surface area (Å²) in [5.74, 6) is -0.703. The Bertz CT molecular complexity index is 807. The molecule has 0 aromatic heterocycles. The van der Waals surface area contributed by atoms with Crippen LogP contribution in [0.3, 0.4) is 0 Å². The lowest BCUT2D eigenvalue weighted by Crippen LogP contribution is -2.04. The predicted octanol–water partition coefficient (Wildman–Crippen LogP) is 4.43. The first-order valence-corrected chi connectivity index (χ1v) is 6.56. The Morgan fingerprint density at radius 3 is 2.38 bits per heavy atom. The van der Waals surface area contributed by atoms with E-state index in [0.717, 1.165) is 21.9 Å². The minimum Gasteiger partial charge on any atom is -0.465 e. The van der Waals surface area contributed by atoms with Gasteiger partial charge in [-0.2, -0.15) is 0 Å². The summed E-state index contributed by atoms with van der Waals surface area (Å²) in [4.78, 5) is 12.2. The van der Waals surface area contributed by atoms with E-state index in [1.807, 2.05) is 36.4 Å². The number of carbonyl (C=O) groups is 1. The lowest BCUT2D eigenvalue weighted by atomic mass is 9.94. The molecule has 0 amide bonds. The van der Waals surface area contributed by atoms with Crippen molar-refractivity contribution >= 4 is 16.7 Å². The molecule has 0 heterocycles. The molecule has 0 bridgehead atoms. The smallest absolute Gasteiger partial charge is 0.339 e. The average molecular weight is 280 g/mol. The van der Waals surface area contributed by atoms with E-state index in [4.69, 9.17) is 4.74 Å². The molecule has 0 aliphatic heterocycles. The van der Waals surface area contributed by atoms with Crippen LogP contribution in [0.1, 0.15) is 10.4 Å². The van der Waals surface area contributed by atoms with Crippen LogP contribution in [0.2, 0.25) is 0 Å². The first-order chi connectivity index (χ1) is 10.2. The molecule has 0 aliphatic rings. The van der Waals surface area contributed by atoms with Gasteiger partial charge in [-0.05, 0) is 34.0 Å². The first kappa shape index (κ1) is 13.3. The predicted molar refractivity (Wildman–Crippen MR) is 80.7 cm³/mol. The Kier molecular flexibility index (Phi) is 3.40. The lowest BCUT2D eigenvalue weighted by molar-refractivity contribution is 0.0604. The molecule has 0 radical (unpaired) electrons. The number of halogens is 1.